The molecule has 0 saturated carbocycles. The molecule has 0 unspecified atom stereocenters. The van der Waals surface area contributed by atoms with Crippen LogP contribution in [0.2, 0.25) is 0 Å². The molecule has 4 N–H and O–H groups in total. The topological polar surface area (TPSA) is 142 Å². The molecule has 30 heavy (non-hydrogen) atoms. The van der Waals surface area contributed by atoms with E-state index in [2.05, 4.69) is 27.5 Å². The van der Waals surface area contributed by atoms with E-state index in [0.717, 1.165) is 6.07 Å². The van der Waals surface area contributed by atoms with Crippen molar-refractivity contribution < 1.29 is 18.1 Å². The summed E-state index contributed by atoms with van der Waals surface area (Å²) in [7, 11) is -4.06. The van der Waals surface area contributed by atoms with Gasteiger partial charge in [0.05, 0.1) is 9.82 Å². The maximum atomic E-state index is 12.6. The van der Waals surface area contributed by atoms with Gasteiger partial charge in [-0.25, -0.2) is 8.42 Å². The maximum Gasteiger partial charge on any atom is 0.270 e. The molecule has 0 atom stereocenters. The first kappa shape index (κ1) is 22.8. The van der Waals surface area contributed by atoms with Crippen LogP contribution in [0.4, 0.5) is 11.4 Å². The number of benzene rings is 2. The summed E-state index contributed by atoms with van der Waals surface area (Å²) in [6.07, 6.45) is 1.60. The Morgan fingerprint density at radius 2 is 1.87 bits per heavy atom. The van der Waals surface area contributed by atoms with Crippen LogP contribution < -0.4 is 20.9 Å². The molecule has 2 aromatic carbocycles. The minimum Gasteiger partial charge on any atom is -0.358 e. The van der Waals surface area contributed by atoms with Gasteiger partial charge in [-0.05, 0) is 49.0 Å². The van der Waals surface area contributed by atoms with E-state index in [4.69, 9.17) is 12.2 Å². The zero-order valence-electron chi connectivity index (χ0n) is 15.8. The van der Waals surface area contributed by atoms with Gasteiger partial charge in [0.15, 0.2) is 5.11 Å². The Morgan fingerprint density at radius 1 is 1.20 bits per heavy atom. The lowest BCUT2D eigenvalue weighted by Crippen LogP contribution is -2.46. The van der Waals surface area contributed by atoms with Gasteiger partial charge < -0.3 is 5.32 Å². The van der Waals surface area contributed by atoms with Gasteiger partial charge in [0, 0.05) is 29.9 Å². The maximum absolute atomic E-state index is 12.6. The van der Waals surface area contributed by atoms with Gasteiger partial charge in [0.2, 0.25) is 0 Å². The summed E-state index contributed by atoms with van der Waals surface area (Å²) in [6, 6.07) is 9.20. The Labute approximate surface area is 178 Å². The predicted molar refractivity (Wildman–Crippen MR) is 116 cm³/mol. The second kappa shape index (κ2) is 9.80. The SMILES string of the molecule is C=CCNC(=S)NNC(=O)c1ccc(NS(=O)(=O)c2cc([N+](=O)[O-])ccc2C)cc1. The highest BCUT2D eigenvalue weighted by Crippen LogP contribution is 2.24. The van der Waals surface area contributed by atoms with Crippen molar-refractivity contribution in [2.45, 2.75) is 11.8 Å². The molecule has 12 heteroatoms. The lowest BCUT2D eigenvalue weighted by Gasteiger charge is -2.12. The summed E-state index contributed by atoms with van der Waals surface area (Å²) in [5.74, 6) is -0.485. The average molecular weight is 450 g/mol. The molecule has 0 spiro atoms. The molecule has 1 amide bonds. The minimum absolute atomic E-state index is 0.189. The van der Waals surface area contributed by atoms with E-state index >= 15 is 0 Å². The third-order valence-corrected chi connectivity index (χ3v) is 5.54. The summed E-state index contributed by atoms with van der Waals surface area (Å²) >= 11 is 4.95. The van der Waals surface area contributed by atoms with Crippen molar-refractivity contribution >= 4 is 44.6 Å². The van der Waals surface area contributed by atoms with Crippen molar-refractivity contribution in [1.82, 2.24) is 16.2 Å². The number of amides is 1. The van der Waals surface area contributed by atoms with E-state index in [1.165, 1.54) is 43.3 Å². The normalized spacial score (nSPS) is 10.6. The van der Waals surface area contributed by atoms with E-state index in [1.807, 2.05) is 0 Å². The lowest BCUT2D eigenvalue weighted by molar-refractivity contribution is -0.385. The first-order valence-electron chi connectivity index (χ1n) is 8.47. The number of nitrogens with one attached hydrogen (secondary N) is 4. The van der Waals surface area contributed by atoms with Gasteiger partial charge >= 0.3 is 0 Å². The van der Waals surface area contributed by atoms with Crippen LogP contribution in [0.5, 0.6) is 0 Å². The molecule has 0 bridgehead atoms. The predicted octanol–water partition coefficient (Wildman–Crippen LogP) is 2.00. The van der Waals surface area contributed by atoms with Crippen LogP contribution in [0.15, 0.2) is 60.0 Å². The Bertz CT molecular complexity index is 1080. The number of anilines is 1. The smallest absolute Gasteiger partial charge is 0.270 e. The molecule has 0 aliphatic carbocycles. The van der Waals surface area contributed by atoms with E-state index in [1.54, 1.807) is 6.08 Å². The van der Waals surface area contributed by atoms with Crippen LogP contribution in [0.3, 0.4) is 0 Å². The Kier molecular flexibility index (Phi) is 7.44. The Hall–Kier alpha value is -3.51. The van der Waals surface area contributed by atoms with Crippen LogP contribution >= 0.6 is 12.2 Å². The third-order valence-electron chi connectivity index (χ3n) is 3.77. The summed E-state index contributed by atoms with van der Waals surface area (Å²) < 4.78 is 27.6. The molecule has 10 nitrogen and oxygen atoms in total. The van der Waals surface area contributed by atoms with E-state index in [0.29, 0.717) is 12.1 Å². The van der Waals surface area contributed by atoms with Gasteiger partial charge in [0.1, 0.15) is 0 Å². The van der Waals surface area contributed by atoms with Gasteiger partial charge in [-0.1, -0.05) is 12.1 Å². The van der Waals surface area contributed by atoms with Gasteiger partial charge in [-0.15, -0.1) is 6.58 Å². The summed E-state index contributed by atoms with van der Waals surface area (Å²) in [4.78, 5) is 22.2. The fourth-order valence-electron chi connectivity index (χ4n) is 2.29. The highest BCUT2D eigenvalue weighted by Gasteiger charge is 2.21. The lowest BCUT2D eigenvalue weighted by atomic mass is 10.2. The first-order valence-corrected chi connectivity index (χ1v) is 10.4. The number of thiocarbonyl (C=S) groups is 1. The van der Waals surface area contributed by atoms with E-state index < -0.39 is 20.9 Å². The number of nitrogens with zero attached hydrogens (tertiary/aromatic N) is 1. The molecule has 0 radical (unpaired) electrons. The molecular formula is C18H19N5O5S2. The number of nitro groups is 1. The number of sulfonamides is 1. The van der Waals surface area contributed by atoms with Gasteiger partial charge in [-0.3, -0.25) is 30.5 Å². The number of hydrogen-bond acceptors (Lipinski definition) is 6. The zero-order valence-corrected chi connectivity index (χ0v) is 17.5. The fourth-order valence-corrected chi connectivity index (χ4v) is 3.74. The van der Waals surface area contributed by atoms with Crippen molar-refractivity contribution in [3.8, 4) is 0 Å². The molecule has 0 saturated heterocycles. The second-order valence-corrected chi connectivity index (χ2v) is 8.03. The van der Waals surface area contributed by atoms with Crippen molar-refractivity contribution in [2.75, 3.05) is 11.3 Å². The highest BCUT2D eigenvalue weighted by atomic mass is 32.2. The number of nitro benzene ring substituents is 1. The zero-order chi connectivity index (χ0) is 22.3. The standard InChI is InChI=1S/C18H19N5O5S2/c1-3-10-19-18(29)21-20-17(24)13-5-7-14(8-6-13)22-30(27,28)16-11-15(23(25)26)9-4-12(16)2/h3-9,11,22H,1,10H2,2H3,(H,20,24)(H2,19,21,29). The molecule has 2 aromatic rings. The number of carbonyl (C=O) groups is 1. The molecule has 0 heterocycles. The highest BCUT2D eigenvalue weighted by molar-refractivity contribution is 7.92. The summed E-state index contributed by atoms with van der Waals surface area (Å²) in [6.45, 7) is 5.50. The number of aryl methyl sites for hydroxylation is 1. The van der Waals surface area contributed by atoms with Gasteiger partial charge in [0.25, 0.3) is 21.6 Å². The van der Waals surface area contributed by atoms with Gasteiger partial charge in [-0.2, -0.15) is 0 Å². The molecule has 2 rings (SSSR count). The molecule has 0 fully saturated rings. The van der Waals surface area contributed by atoms with Crippen molar-refractivity contribution in [3.63, 3.8) is 0 Å². The van der Waals surface area contributed by atoms with Crippen LogP contribution in [0, 0.1) is 17.0 Å². The minimum atomic E-state index is -4.06. The summed E-state index contributed by atoms with van der Waals surface area (Å²) in [5.41, 5.74) is 5.38. The van der Waals surface area contributed by atoms with Crippen molar-refractivity contribution in [3.05, 3.63) is 76.4 Å². The average Bonchev–Trinajstić information content (AvgIpc) is 2.70. The number of carbonyl (C=O) groups excluding carboxylic acids is 1. The monoisotopic (exact) mass is 449 g/mol. The number of hydrogen-bond donors (Lipinski definition) is 4. The van der Waals surface area contributed by atoms with Crippen LogP contribution in [-0.2, 0) is 10.0 Å². The molecular weight excluding hydrogens is 430 g/mol. The molecule has 0 aliphatic heterocycles. The molecule has 0 aliphatic rings. The van der Waals surface area contributed by atoms with Crippen molar-refractivity contribution in [2.24, 2.45) is 0 Å². The Balaban J connectivity index is 2.09. The first-order chi connectivity index (χ1) is 14.1. The van der Waals surface area contributed by atoms with Crippen molar-refractivity contribution in [1.29, 1.82) is 0 Å². The summed E-state index contributed by atoms with van der Waals surface area (Å²) in [5, 5.41) is 13.9. The van der Waals surface area contributed by atoms with E-state index in [-0.39, 0.29) is 26.9 Å². The Morgan fingerprint density at radius 3 is 2.47 bits per heavy atom. The quantitative estimate of drug-likeness (QED) is 0.218. The molecule has 0 aromatic heterocycles. The molecule has 158 valence electrons. The fraction of sp³-hybridized carbons (Fsp3) is 0.111. The number of hydrazine groups is 1. The van der Waals surface area contributed by atoms with Crippen LogP contribution in [0.25, 0.3) is 0 Å². The number of non-ortho nitro benzene ring substituents is 1. The second-order valence-electron chi connectivity index (χ2n) is 5.97. The van der Waals surface area contributed by atoms with E-state index in [9.17, 15) is 23.3 Å². The third kappa shape index (κ3) is 5.99. The van der Waals surface area contributed by atoms with Crippen LogP contribution in [-0.4, -0.2) is 30.9 Å². The van der Waals surface area contributed by atoms with Crippen LogP contribution in [0.1, 0.15) is 15.9 Å². The largest absolute Gasteiger partial charge is 0.358 e. The number of rotatable bonds is 7.